The zero-order valence-corrected chi connectivity index (χ0v) is 16.7. The van der Waals surface area contributed by atoms with Gasteiger partial charge < -0.3 is 20.1 Å². The molecule has 5 nitrogen and oxygen atoms in total. The van der Waals surface area contributed by atoms with Gasteiger partial charge in [-0.25, -0.2) is 0 Å². The van der Waals surface area contributed by atoms with Crippen molar-refractivity contribution in [3.8, 4) is 11.5 Å². The molecule has 0 bridgehead atoms. The number of carbonyl (C=O) groups is 1. The molecule has 0 aromatic heterocycles. The van der Waals surface area contributed by atoms with E-state index in [0.717, 1.165) is 11.3 Å². The molecule has 0 saturated carbocycles. The molecule has 0 aliphatic rings. The van der Waals surface area contributed by atoms with Crippen molar-refractivity contribution in [2.45, 2.75) is 13.3 Å². The minimum Gasteiger partial charge on any atom is -0.496 e. The van der Waals surface area contributed by atoms with E-state index in [4.69, 9.17) is 26.8 Å². The normalized spacial score (nSPS) is 10.0. The summed E-state index contributed by atoms with van der Waals surface area (Å²) < 4.78 is 11.0. The Morgan fingerprint density at radius 3 is 2.58 bits per heavy atom. The van der Waals surface area contributed by atoms with Crippen molar-refractivity contribution in [2.75, 3.05) is 33.0 Å². The highest BCUT2D eigenvalue weighted by atomic mass is 35.5. The molecular weight excluding hydrogens is 375 g/mol. The lowest BCUT2D eigenvalue weighted by Crippen LogP contribution is -2.29. The Morgan fingerprint density at radius 2 is 1.92 bits per heavy atom. The van der Waals surface area contributed by atoms with Crippen molar-refractivity contribution in [1.29, 1.82) is 0 Å². The minimum atomic E-state index is -0.172. The highest BCUT2D eigenvalue weighted by Gasteiger charge is 2.18. The maximum absolute atomic E-state index is 12.6. The van der Waals surface area contributed by atoms with Crippen LogP contribution in [0.1, 0.15) is 22.3 Å². The Morgan fingerprint density at radius 1 is 1.23 bits per heavy atom. The van der Waals surface area contributed by atoms with Gasteiger partial charge in [-0.3, -0.25) is 4.79 Å². The first-order valence-electron chi connectivity index (χ1n) is 8.01. The standard InChI is InChI=1S/C19H23ClN2O3.ClH/c1-13-7-4-5-8-17(13)25-10-6-9-22(2)19(23)14-11-15(20)16(21)12-18(14)24-3;/h4-5,7-8,11-12H,6,9-10,21H2,1-3H3;1H. The van der Waals surface area contributed by atoms with E-state index in [9.17, 15) is 4.79 Å². The van der Waals surface area contributed by atoms with E-state index in [1.165, 1.54) is 7.11 Å². The number of nitrogens with two attached hydrogens (primary N) is 1. The smallest absolute Gasteiger partial charge is 0.257 e. The number of anilines is 1. The fourth-order valence-electron chi connectivity index (χ4n) is 2.41. The van der Waals surface area contributed by atoms with Crippen molar-refractivity contribution in [3.63, 3.8) is 0 Å². The van der Waals surface area contributed by atoms with E-state index in [1.807, 2.05) is 31.2 Å². The van der Waals surface area contributed by atoms with Crippen molar-refractivity contribution in [2.24, 2.45) is 0 Å². The molecule has 0 fully saturated rings. The van der Waals surface area contributed by atoms with Crippen molar-refractivity contribution >= 4 is 35.6 Å². The highest BCUT2D eigenvalue weighted by Crippen LogP contribution is 2.29. The van der Waals surface area contributed by atoms with E-state index >= 15 is 0 Å². The van der Waals surface area contributed by atoms with Crippen LogP contribution in [0.15, 0.2) is 36.4 Å². The molecule has 0 saturated heterocycles. The molecule has 0 unspecified atom stereocenters. The topological polar surface area (TPSA) is 64.8 Å². The Bertz CT molecular complexity index is 754. The Kier molecular flexibility index (Phi) is 8.55. The lowest BCUT2D eigenvalue weighted by Gasteiger charge is -2.19. The number of ether oxygens (including phenoxy) is 2. The quantitative estimate of drug-likeness (QED) is 0.560. The van der Waals surface area contributed by atoms with E-state index in [2.05, 4.69) is 0 Å². The van der Waals surface area contributed by atoms with Gasteiger partial charge >= 0.3 is 0 Å². The van der Waals surface area contributed by atoms with Crippen LogP contribution in [0.2, 0.25) is 5.02 Å². The fourth-order valence-corrected chi connectivity index (χ4v) is 2.58. The summed E-state index contributed by atoms with van der Waals surface area (Å²) in [5.41, 5.74) is 7.62. The first-order chi connectivity index (χ1) is 11.9. The van der Waals surface area contributed by atoms with Crippen LogP contribution in [-0.4, -0.2) is 38.1 Å². The van der Waals surface area contributed by atoms with Crippen LogP contribution in [0, 0.1) is 6.92 Å². The first-order valence-corrected chi connectivity index (χ1v) is 8.38. The van der Waals surface area contributed by atoms with Gasteiger partial charge in [0, 0.05) is 19.7 Å². The lowest BCUT2D eigenvalue weighted by atomic mass is 10.1. The summed E-state index contributed by atoms with van der Waals surface area (Å²) in [5, 5.41) is 0.334. The average molecular weight is 399 g/mol. The lowest BCUT2D eigenvalue weighted by molar-refractivity contribution is 0.0784. The van der Waals surface area contributed by atoms with Crippen molar-refractivity contribution in [1.82, 2.24) is 4.90 Å². The predicted molar refractivity (Wildman–Crippen MR) is 108 cm³/mol. The summed E-state index contributed by atoms with van der Waals surface area (Å²) in [6.45, 7) is 3.08. The molecule has 2 N–H and O–H groups in total. The van der Waals surface area contributed by atoms with Crippen LogP contribution < -0.4 is 15.2 Å². The third kappa shape index (κ3) is 5.44. The molecule has 2 aromatic rings. The van der Waals surface area contributed by atoms with Crippen LogP contribution >= 0.6 is 24.0 Å². The maximum Gasteiger partial charge on any atom is 0.257 e. The molecule has 0 atom stereocenters. The fraction of sp³-hybridized carbons (Fsp3) is 0.316. The van der Waals surface area contributed by atoms with Gasteiger partial charge in [0.1, 0.15) is 11.5 Å². The largest absolute Gasteiger partial charge is 0.496 e. The number of amides is 1. The van der Waals surface area contributed by atoms with E-state index in [-0.39, 0.29) is 18.3 Å². The zero-order chi connectivity index (χ0) is 18.4. The zero-order valence-electron chi connectivity index (χ0n) is 15.1. The number of nitrogens with zero attached hydrogens (tertiary/aromatic N) is 1. The van der Waals surface area contributed by atoms with Crippen molar-refractivity contribution < 1.29 is 14.3 Å². The number of hydrogen-bond acceptors (Lipinski definition) is 4. The molecule has 0 aliphatic carbocycles. The molecule has 7 heteroatoms. The molecule has 1 amide bonds. The van der Waals surface area contributed by atoms with E-state index in [0.29, 0.717) is 41.6 Å². The monoisotopic (exact) mass is 398 g/mol. The van der Waals surface area contributed by atoms with E-state index in [1.54, 1.807) is 24.1 Å². The van der Waals surface area contributed by atoms with Gasteiger partial charge in [0.25, 0.3) is 5.91 Å². The molecular formula is C19H24Cl2N2O3. The van der Waals surface area contributed by atoms with Crippen LogP contribution in [0.3, 0.4) is 0 Å². The van der Waals surface area contributed by atoms with Crippen LogP contribution in [0.4, 0.5) is 5.69 Å². The molecule has 142 valence electrons. The van der Waals surface area contributed by atoms with Gasteiger partial charge in [0.2, 0.25) is 0 Å². The second-order valence-electron chi connectivity index (χ2n) is 5.77. The molecule has 0 heterocycles. The number of hydrogen-bond donors (Lipinski definition) is 1. The number of rotatable bonds is 7. The second kappa shape index (κ2) is 10.1. The summed E-state index contributed by atoms with van der Waals surface area (Å²) >= 11 is 6.03. The molecule has 2 aromatic carbocycles. The Balaban J connectivity index is 0.00000338. The highest BCUT2D eigenvalue weighted by molar-refractivity contribution is 6.33. The third-order valence-corrected chi connectivity index (χ3v) is 4.21. The van der Waals surface area contributed by atoms with Crippen LogP contribution in [-0.2, 0) is 0 Å². The first kappa shape index (κ1) is 21.9. The summed E-state index contributed by atoms with van der Waals surface area (Å²) in [6.07, 6.45) is 0.710. The van der Waals surface area contributed by atoms with Gasteiger partial charge in [0.15, 0.2) is 0 Å². The molecule has 0 spiro atoms. The molecule has 2 rings (SSSR count). The summed E-state index contributed by atoms with van der Waals surface area (Å²) in [4.78, 5) is 14.2. The summed E-state index contributed by atoms with van der Waals surface area (Å²) in [5.74, 6) is 1.10. The number of carbonyl (C=O) groups excluding carboxylic acids is 1. The number of aryl methyl sites for hydroxylation is 1. The third-order valence-electron chi connectivity index (χ3n) is 3.88. The molecule has 0 aliphatic heterocycles. The number of nitrogen functional groups attached to an aromatic ring is 1. The Labute approximate surface area is 165 Å². The van der Waals surface area contributed by atoms with Gasteiger partial charge in [-0.2, -0.15) is 0 Å². The SMILES string of the molecule is COc1cc(N)c(Cl)cc1C(=O)N(C)CCCOc1ccccc1C.Cl. The maximum atomic E-state index is 12.6. The number of methoxy groups -OCH3 is 1. The number of halogens is 2. The van der Waals surface area contributed by atoms with E-state index < -0.39 is 0 Å². The second-order valence-corrected chi connectivity index (χ2v) is 6.18. The minimum absolute atomic E-state index is 0. The van der Waals surface area contributed by atoms with Crippen LogP contribution in [0.5, 0.6) is 11.5 Å². The van der Waals surface area contributed by atoms with Crippen LogP contribution in [0.25, 0.3) is 0 Å². The van der Waals surface area contributed by atoms with Gasteiger partial charge in [-0.15, -0.1) is 12.4 Å². The number of benzene rings is 2. The summed E-state index contributed by atoms with van der Waals surface area (Å²) in [7, 11) is 3.23. The van der Waals surface area contributed by atoms with Gasteiger partial charge in [0.05, 0.1) is 30.0 Å². The molecule has 0 radical (unpaired) electrons. The predicted octanol–water partition coefficient (Wildman–Crippen LogP) is 4.20. The number of para-hydroxylation sites is 1. The van der Waals surface area contributed by atoms with Gasteiger partial charge in [-0.1, -0.05) is 29.8 Å². The van der Waals surface area contributed by atoms with Crippen molar-refractivity contribution in [3.05, 3.63) is 52.5 Å². The Hall–Kier alpha value is -2.11. The summed E-state index contributed by atoms with van der Waals surface area (Å²) in [6, 6.07) is 10.9. The van der Waals surface area contributed by atoms with Gasteiger partial charge in [-0.05, 0) is 31.0 Å². The molecule has 26 heavy (non-hydrogen) atoms. The average Bonchev–Trinajstić information content (AvgIpc) is 2.61.